The maximum Gasteiger partial charge on any atom is 1.00 e. The van der Waals surface area contributed by atoms with Crippen LogP contribution in [0.1, 0.15) is 19.3 Å². The number of aliphatic hydroxyl groups is 1. The van der Waals surface area contributed by atoms with Crippen LogP contribution in [0.2, 0.25) is 0 Å². The minimum atomic E-state index is -4.14. The average molecular weight is 232 g/mol. The molecule has 1 rings (SSSR count). The average Bonchev–Trinajstić information content (AvgIpc) is 2.33. The van der Waals surface area contributed by atoms with Gasteiger partial charge in [-0.15, -0.1) is 0 Å². The van der Waals surface area contributed by atoms with E-state index in [9.17, 15) is 18.1 Å². The molecule has 0 spiro atoms. The Kier molecular flexibility index (Phi) is 6.13. The molecule has 0 aromatic rings. The van der Waals surface area contributed by atoms with Crippen molar-refractivity contribution in [2.24, 2.45) is 0 Å². The van der Waals surface area contributed by atoms with Gasteiger partial charge in [0.25, 0.3) is 0 Å². The summed E-state index contributed by atoms with van der Waals surface area (Å²) >= 11 is 0. The summed E-state index contributed by atoms with van der Waals surface area (Å²) in [6.07, 6.45) is 1.03. The van der Waals surface area contributed by atoms with E-state index in [1.165, 1.54) is 0 Å². The topological polar surface area (TPSA) is 86.7 Å². The van der Waals surface area contributed by atoms with Gasteiger partial charge in [-0.3, -0.25) is 0 Å². The summed E-state index contributed by atoms with van der Waals surface area (Å²) in [5, 5.41) is 9.67. The zero-order valence-corrected chi connectivity index (χ0v) is 11.0. The van der Waals surface area contributed by atoms with Crippen LogP contribution in [0, 0.1) is 0 Å². The molecule has 0 aromatic carbocycles. The van der Waals surface area contributed by atoms with Crippen molar-refractivity contribution in [1.29, 1.82) is 0 Å². The summed E-state index contributed by atoms with van der Waals surface area (Å²) in [4.78, 5) is 0. The van der Waals surface area contributed by atoms with Gasteiger partial charge in [0, 0.05) is 18.8 Å². The Hall–Kier alpha value is 0.830. The standard InChI is InChI=1S/C7H14O5S.Na/c8-7(3-4-12-6-7)2-1-5-13(9,10)11;/h8H,1-6H2,(H,9,10,11);/q;+1/p-1. The molecule has 1 N–H and O–H groups in total. The fourth-order valence-corrected chi connectivity index (χ4v) is 1.87. The third-order valence-corrected chi connectivity index (χ3v) is 2.91. The minimum absolute atomic E-state index is 0. The Morgan fingerprint density at radius 3 is 2.57 bits per heavy atom. The SMILES string of the molecule is O=S(=O)([O-])CCCC1(O)CCOC1.[Na+]. The van der Waals surface area contributed by atoms with E-state index >= 15 is 0 Å². The quantitative estimate of drug-likeness (QED) is 0.401. The van der Waals surface area contributed by atoms with E-state index in [0.717, 1.165) is 0 Å². The molecular formula is C7H13NaO5S. The minimum Gasteiger partial charge on any atom is -0.748 e. The summed E-state index contributed by atoms with van der Waals surface area (Å²) in [6, 6.07) is 0. The van der Waals surface area contributed by atoms with E-state index in [4.69, 9.17) is 4.74 Å². The van der Waals surface area contributed by atoms with Crippen LogP contribution in [-0.2, 0) is 14.9 Å². The molecule has 14 heavy (non-hydrogen) atoms. The molecule has 78 valence electrons. The van der Waals surface area contributed by atoms with Crippen LogP contribution >= 0.6 is 0 Å². The van der Waals surface area contributed by atoms with Crippen LogP contribution in [0.5, 0.6) is 0 Å². The summed E-state index contributed by atoms with van der Waals surface area (Å²) < 4.78 is 35.7. The van der Waals surface area contributed by atoms with Crippen molar-refractivity contribution in [3.05, 3.63) is 0 Å². The molecule has 0 radical (unpaired) electrons. The van der Waals surface area contributed by atoms with Gasteiger partial charge in [-0.25, -0.2) is 8.42 Å². The van der Waals surface area contributed by atoms with E-state index in [1.807, 2.05) is 0 Å². The Bertz CT molecular complexity index is 257. The number of ether oxygens (including phenoxy) is 1. The largest absolute Gasteiger partial charge is 1.00 e. The van der Waals surface area contributed by atoms with Gasteiger partial charge in [0.1, 0.15) is 0 Å². The van der Waals surface area contributed by atoms with Crippen molar-refractivity contribution in [3.8, 4) is 0 Å². The van der Waals surface area contributed by atoms with Gasteiger partial charge in [0.2, 0.25) is 0 Å². The van der Waals surface area contributed by atoms with E-state index in [1.54, 1.807) is 0 Å². The predicted octanol–water partition coefficient (Wildman–Crippen LogP) is -3.53. The smallest absolute Gasteiger partial charge is 0.748 e. The number of hydrogen-bond acceptors (Lipinski definition) is 5. The predicted molar refractivity (Wildman–Crippen MR) is 44.2 cm³/mol. The van der Waals surface area contributed by atoms with E-state index in [-0.39, 0.29) is 42.6 Å². The van der Waals surface area contributed by atoms with Crippen molar-refractivity contribution < 1.29 is 52.4 Å². The Morgan fingerprint density at radius 1 is 1.50 bits per heavy atom. The number of rotatable bonds is 4. The van der Waals surface area contributed by atoms with Gasteiger partial charge < -0.3 is 14.4 Å². The van der Waals surface area contributed by atoms with E-state index in [0.29, 0.717) is 19.4 Å². The summed E-state index contributed by atoms with van der Waals surface area (Å²) in [5.74, 6) is -0.407. The molecule has 0 saturated carbocycles. The monoisotopic (exact) mass is 232 g/mol. The molecule has 1 aliphatic rings. The van der Waals surface area contributed by atoms with Crippen molar-refractivity contribution in [2.75, 3.05) is 19.0 Å². The summed E-state index contributed by atoms with van der Waals surface area (Å²) in [7, 11) is -4.14. The molecule has 0 amide bonds. The first-order chi connectivity index (χ1) is 5.91. The maximum atomic E-state index is 10.2. The Labute approximate surface area is 106 Å². The van der Waals surface area contributed by atoms with E-state index < -0.39 is 21.5 Å². The second-order valence-electron chi connectivity index (χ2n) is 3.39. The molecule has 5 nitrogen and oxygen atoms in total. The first kappa shape index (κ1) is 14.8. The molecule has 1 fully saturated rings. The van der Waals surface area contributed by atoms with Gasteiger partial charge in [-0.2, -0.15) is 0 Å². The molecule has 0 aliphatic carbocycles. The zero-order chi connectivity index (χ0) is 9.95. The fourth-order valence-electron chi connectivity index (χ4n) is 1.37. The van der Waals surface area contributed by atoms with Gasteiger partial charge in [0.05, 0.1) is 22.3 Å². The van der Waals surface area contributed by atoms with Gasteiger partial charge in [-0.05, 0) is 12.8 Å². The Balaban J connectivity index is 0.00000169. The van der Waals surface area contributed by atoms with Crippen LogP contribution in [-0.4, -0.2) is 42.6 Å². The van der Waals surface area contributed by atoms with Crippen LogP contribution < -0.4 is 29.6 Å². The van der Waals surface area contributed by atoms with Gasteiger partial charge in [0.15, 0.2) is 0 Å². The van der Waals surface area contributed by atoms with Gasteiger partial charge in [-0.1, -0.05) is 0 Å². The van der Waals surface area contributed by atoms with Gasteiger partial charge >= 0.3 is 29.6 Å². The molecule has 0 aromatic heterocycles. The third-order valence-electron chi connectivity index (χ3n) is 2.12. The molecule has 1 unspecified atom stereocenters. The normalized spacial score (nSPS) is 27.3. The Morgan fingerprint density at radius 2 is 2.14 bits per heavy atom. The van der Waals surface area contributed by atoms with Crippen LogP contribution in [0.15, 0.2) is 0 Å². The first-order valence-electron chi connectivity index (χ1n) is 4.15. The zero-order valence-electron chi connectivity index (χ0n) is 8.23. The van der Waals surface area contributed by atoms with Crippen molar-refractivity contribution >= 4 is 10.1 Å². The first-order valence-corrected chi connectivity index (χ1v) is 5.73. The molecule has 1 atom stereocenters. The molecule has 0 bridgehead atoms. The molecule has 7 heteroatoms. The fraction of sp³-hybridized carbons (Fsp3) is 1.00. The maximum absolute atomic E-state index is 10.2. The number of hydrogen-bond donors (Lipinski definition) is 1. The molecule has 1 saturated heterocycles. The second-order valence-corrected chi connectivity index (χ2v) is 4.92. The summed E-state index contributed by atoms with van der Waals surface area (Å²) in [5.41, 5.74) is -0.912. The second kappa shape index (κ2) is 5.79. The van der Waals surface area contributed by atoms with Crippen molar-refractivity contribution in [1.82, 2.24) is 0 Å². The summed E-state index contributed by atoms with van der Waals surface area (Å²) in [6.45, 7) is 0.743. The van der Waals surface area contributed by atoms with Crippen LogP contribution in [0.4, 0.5) is 0 Å². The molecule has 1 heterocycles. The van der Waals surface area contributed by atoms with Crippen molar-refractivity contribution in [2.45, 2.75) is 24.9 Å². The van der Waals surface area contributed by atoms with Crippen LogP contribution in [0.3, 0.4) is 0 Å². The van der Waals surface area contributed by atoms with Crippen LogP contribution in [0.25, 0.3) is 0 Å². The van der Waals surface area contributed by atoms with Crippen molar-refractivity contribution in [3.63, 3.8) is 0 Å². The third kappa shape index (κ3) is 5.65. The molecule has 1 aliphatic heterocycles. The molecular weight excluding hydrogens is 219 g/mol. The van der Waals surface area contributed by atoms with E-state index in [2.05, 4.69) is 0 Å².